The minimum Gasteiger partial charge on any atom is -0.506 e. The fourth-order valence-corrected chi connectivity index (χ4v) is 8.02. The van der Waals surface area contributed by atoms with E-state index in [1.54, 1.807) is 36.2 Å². The molecule has 0 bridgehead atoms. The summed E-state index contributed by atoms with van der Waals surface area (Å²) >= 11 is 0. The molecule has 0 radical (unpaired) electrons. The number of aromatic hydroxyl groups is 1. The van der Waals surface area contributed by atoms with Crippen LogP contribution in [-0.4, -0.2) is 83.4 Å². The Labute approximate surface area is 366 Å². The molecule has 1 aromatic heterocycles. The van der Waals surface area contributed by atoms with Gasteiger partial charge in [-0.15, -0.1) is 0 Å². The smallest absolute Gasteiger partial charge is 0.411 e. The Hall–Kier alpha value is -6.80. The summed E-state index contributed by atoms with van der Waals surface area (Å²) in [6, 6.07) is 38.7. The number of likely N-dealkylation sites (tertiary alicyclic amines) is 1. The van der Waals surface area contributed by atoms with E-state index in [2.05, 4.69) is 25.8 Å². The van der Waals surface area contributed by atoms with Crippen LogP contribution in [-0.2, 0) is 27.2 Å². The highest BCUT2D eigenvalue weighted by Gasteiger charge is 2.24. The molecule has 1 aliphatic heterocycles. The van der Waals surface area contributed by atoms with E-state index in [-0.39, 0.29) is 53.8 Å². The summed E-state index contributed by atoms with van der Waals surface area (Å²) in [5.74, 6) is -0.289. The van der Waals surface area contributed by atoms with Gasteiger partial charge >= 0.3 is 6.09 Å². The van der Waals surface area contributed by atoms with Gasteiger partial charge in [-0.25, -0.2) is 4.79 Å². The number of nitrogens with one attached hydrogen (secondary N) is 4. The molecule has 1 fully saturated rings. The van der Waals surface area contributed by atoms with Crippen LogP contribution in [0.25, 0.3) is 22.0 Å². The molecule has 326 valence electrons. The van der Waals surface area contributed by atoms with Crippen LogP contribution in [0.3, 0.4) is 0 Å². The zero-order valence-electron chi connectivity index (χ0n) is 35.6. The molecule has 0 spiro atoms. The van der Waals surface area contributed by atoms with Gasteiger partial charge in [0.25, 0.3) is 0 Å². The van der Waals surface area contributed by atoms with E-state index in [4.69, 9.17) is 4.74 Å². The third-order valence-electron chi connectivity index (χ3n) is 11.4. The molecule has 6 N–H and O–H groups in total. The Morgan fingerprint density at radius 3 is 2.41 bits per heavy atom. The fraction of sp³-hybridized carbons (Fsp3) is 0.280. The Kier molecular flexibility index (Phi) is 14.6. The van der Waals surface area contributed by atoms with Crippen molar-refractivity contribution in [3.05, 3.63) is 154 Å². The molecule has 1 aliphatic rings. The van der Waals surface area contributed by atoms with Crippen molar-refractivity contribution in [1.82, 2.24) is 15.2 Å². The zero-order valence-corrected chi connectivity index (χ0v) is 35.6. The van der Waals surface area contributed by atoms with Gasteiger partial charge in [0, 0.05) is 74.1 Å². The molecule has 0 saturated carbocycles. The molecule has 1 unspecified atom stereocenters. The number of ether oxygens (including phenoxy) is 1. The molecule has 1 saturated heterocycles. The highest BCUT2D eigenvalue weighted by Crippen LogP contribution is 2.30. The van der Waals surface area contributed by atoms with Gasteiger partial charge in [0.2, 0.25) is 17.4 Å². The molecule has 0 aliphatic carbocycles. The van der Waals surface area contributed by atoms with Crippen LogP contribution >= 0.6 is 0 Å². The second-order valence-corrected chi connectivity index (χ2v) is 16.1. The maximum Gasteiger partial charge on any atom is 0.411 e. The van der Waals surface area contributed by atoms with Gasteiger partial charge in [0.05, 0.1) is 23.7 Å². The summed E-state index contributed by atoms with van der Waals surface area (Å²) in [5.41, 5.74) is 6.32. The van der Waals surface area contributed by atoms with Crippen molar-refractivity contribution >= 4 is 45.9 Å². The van der Waals surface area contributed by atoms with E-state index in [1.165, 1.54) is 12.1 Å². The Morgan fingerprint density at radius 2 is 1.60 bits per heavy atom. The SMILES string of the molecule is CC(Cc1cccc(CC(=O)Nc2cccc(N(C)C(=O)CCN3CCC(OC(=O)Nc4ccccc4-c4ccccc4)CC3)c2)c1)NC[C@H](O)c1ccc(O)c2[nH]c(=O)ccc12. The molecule has 2 heterocycles. The first-order valence-corrected chi connectivity index (χ1v) is 21.3. The van der Waals surface area contributed by atoms with Crippen LogP contribution in [0.4, 0.5) is 21.9 Å². The van der Waals surface area contributed by atoms with Crippen molar-refractivity contribution in [2.24, 2.45) is 0 Å². The first-order chi connectivity index (χ1) is 30.5. The van der Waals surface area contributed by atoms with Gasteiger partial charge in [-0.1, -0.05) is 84.9 Å². The van der Waals surface area contributed by atoms with Crippen LogP contribution in [0.15, 0.2) is 132 Å². The van der Waals surface area contributed by atoms with Crippen LogP contribution in [0.2, 0.25) is 0 Å². The van der Waals surface area contributed by atoms with Gasteiger partial charge in [-0.2, -0.15) is 0 Å². The second-order valence-electron chi connectivity index (χ2n) is 16.1. The number of H-pyrrole nitrogens is 1. The molecule has 13 nitrogen and oxygen atoms in total. The number of hydrogen-bond acceptors (Lipinski definition) is 9. The van der Waals surface area contributed by atoms with Gasteiger partial charge in [-0.3, -0.25) is 19.7 Å². The highest BCUT2D eigenvalue weighted by molar-refractivity contribution is 5.96. The number of rotatable bonds is 16. The molecular weight excluding hydrogens is 797 g/mol. The number of aliphatic hydroxyl groups is 1. The monoisotopic (exact) mass is 850 g/mol. The number of para-hydroxylation sites is 1. The van der Waals surface area contributed by atoms with Gasteiger partial charge in [-0.05, 0) is 84.8 Å². The van der Waals surface area contributed by atoms with Gasteiger partial charge < -0.3 is 40.4 Å². The Morgan fingerprint density at radius 1 is 0.857 bits per heavy atom. The molecule has 13 heteroatoms. The van der Waals surface area contributed by atoms with Crippen molar-refractivity contribution in [3.63, 3.8) is 0 Å². The van der Waals surface area contributed by atoms with Crippen LogP contribution in [0.1, 0.15) is 49.0 Å². The number of aromatic nitrogens is 1. The second kappa shape index (κ2) is 20.8. The summed E-state index contributed by atoms with van der Waals surface area (Å²) in [4.78, 5) is 57.5. The third-order valence-corrected chi connectivity index (χ3v) is 11.4. The number of aliphatic hydroxyl groups excluding tert-OH is 1. The quantitative estimate of drug-likeness (QED) is 0.0580. The van der Waals surface area contributed by atoms with E-state index in [9.17, 15) is 29.4 Å². The van der Waals surface area contributed by atoms with E-state index >= 15 is 0 Å². The maximum atomic E-state index is 13.3. The fourth-order valence-electron chi connectivity index (χ4n) is 8.02. The van der Waals surface area contributed by atoms with Crippen molar-refractivity contribution in [2.75, 3.05) is 48.8 Å². The lowest BCUT2D eigenvalue weighted by Gasteiger charge is -2.31. The van der Waals surface area contributed by atoms with Crippen LogP contribution in [0.5, 0.6) is 5.75 Å². The van der Waals surface area contributed by atoms with E-state index in [0.29, 0.717) is 73.3 Å². The predicted octanol–water partition coefficient (Wildman–Crippen LogP) is 7.40. The highest BCUT2D eigenvalue weighted by atomic mass is 16.6. The largest absolute Gasteiger partial charge is 0.506 e. The number of carbonyl (C=O) groups excluding carboxylic acids is 3. The Bertz CT molecular complexity index is 2590. The zero-order chi connectivity index (χ0) is 44.3. The van der Waals surface area contributed by atoms with E-state index < -0.39 is 12.2 Å². The summed E-state index contributed by atoms with van der Waals surface area (Å²) in [6.45, 7) is 4.28. The first-order valence-electron chi connectivity index (χ1n) is 21.3. The predicted molar refractivity (Wildman–Crippen MR) is 247 cm³/mol. The molecular formula is C50H54N6O7. The molecule has 6 aromatic rings. The van der Waals surface area contributed by atoms with Crippen molar-refractivity contribution < 1.29 is 29.3 Å². The van der Waals surface area contributed by atoms with Gasteiger partial charge in [0.1, 0.15) is 11.9 Å². The summed E-state index contributed by atoms with van der Waals surface area (Å²) < 4.78 is 5.78. The number of amides is 3. The summed E-state index contributed by atoms with van der Waals surface area (Å²) in [5, 5.41) is 31.0. The topological polar surface area (TPSA) is 176 Å². The normalized spacial score (nSPS) is 14.1. The number of pyridine rings is 1. The number of phenols is 1. The number of fused-ring (bicyclic) bond motifs is 1. The number of benzene rings is 5. The molecule has 7 rings (SSSR count). The lowest BCUT2D eigenvalue weighted by atomic mass is 10.0. The summed E-state index contributed by atoms with van der Waals surface area (Å²) in [6.07, 6.45) is 0.941. The summed E-state index contributed by atoms with van der Waals surface area (Å²) in [7, 11) is 1.73. The number of phenolic OH excluding ortho intramolecular Hbond substituents is 1. The van der Waals surface area contributed by atoms with Crippen molar-refractivity contribution in [1.29, 1.82) is 0 Å². The number of carbonyl (C=O) groups is 3. The third kappa shape index (κ3) is 12.0. The lowest BCUT2D eigenvalue weighted by Crippen LogP contribution is -2.40. The minimum atomic E-state index is -0.873. The average molecular weight is 851 g/mol. The number of anilines is 3. The number of piperidine rings is 1. The van der Waals surface area contributed by atoms with E-state index in [1.807, 2.05) is 97.9 Å². The molecule has 2 atom stereocenters. The molecule has 3 amide bonds. The number of aromatic amines is 1. The van der Waals surface area contributed by atoms with E-state index in [0.717, 1.165) is 22.3 Å². The first kappa shape index (κ1) is 44.3. The van der Waals surface area contributed by atoms with Crippen LogP contribution < -0.4 is 26.4 Å². The average Bonchev–Trinajstić information content (AvgIpc) is 3.28. The minimum absolute atomic E-state index is 0.00346. The number of hydrogen-bond donors (Lipinski definition) is 6. The Balaban J connectivity index is 0.826. The van der Waals surface area contributed by atoms with Crippen molar-refractivity contribution in [3.8, 4) is 16.9 Å². The standard InChI is InChI=1S/C50H54N6O7/c1-33(51-32-45(58)41-18-20-44(57)49-42(41)19-21-46(59)54-49)28-34-10-8-11-35(29-34)30-47(60)52-37-14-9-15-38(31-37)55(2)48(61)24-27-56-25-22-39(23-26-56)63-50(62)53-43-17-7-6-16-40(43)36-12-4-3-5-13-36/h3-21,29,31,33,39,45,51,57-58H,22-28,30,32H2,1-2H3,(H,52,60)(H,53,62)(H,54,59)/t33?,45-/m0/s1. The lowest BCUT2D eigenvalue weighted by molar-refractivity contribution is -0.118. The van der Waals surface area contributed by atoms with Gasteiger partial charge in [0.15, 0.2) is 0 Å². The van der Waals surface area contributed by atoms with Crippen molar-refractivity contribution in [2.45, 2.75) is 57.3 Å². The number of nitrogens with zero attached hydrogens (tertiary/aromatic N) is 2. The molecule has 63 heavy (non-hydrogen) atoms. The maximum absolute atomic E-state index is 13.3. The van der Waals surface area contributed by atoms with Crippen LogP contribution in [0, 0.1) is 0 Å². The molecule has 5 aromatic carbocycles.